The molecule has 0 radical (unpaired) electrons. The first-order valence-electron chi connectivity index (χ1n) is 5.67. The number of nitro groups is 1. The second-order valence-electron chi connectivity index (χ2n) is 4.14. The van der Waals surface area contributed by atoms with Crippen LogP contribution in [0.5, 0.6) is 0 Å². The van der Waals surface area contributed by atoms with Crippen molar-refractivity contribution in [3.8, 4) is 10.6 Å². The maximum atomic E-state index is 12.1. The SMILES string of the molecule is Nc1nc2sc(-c3ccc(Cl)c(Cl)c3)nn2c(=O)c1[N+](=O)[O-]. The molecule has 0 fully saturated rings. The number of benzene rings is 1. The summed E-state index contributed by atoms with van der Waals surface area (Å²) in [6.45, 7) is 0. The van der Waals surface area contributed by atoms with E-state index < -0.39 is 22.0 Å². The normalized spacial score (nSPS) is 11.0. The Kier molecular flexibility index (Phi) is 3.47. The number of aromatic nitrogens is 3. The van der Waals surface area contributed by atoms with E-state index in [4.69, 9.17) is 28.9 Å². The van der Waals surface area contributed by atoms with Crippen molar-refractivity contribution in [2.45, 2.75) is 0 Å². The molecule has 0 atom stereocenters. The third-order valence-corrected chi connectivity index (χ3v) is 4.46. The Morgan fingerprint density at radius 3 is 2.68 bits per heavy atom. The highest BCUT2D eigenvalue weighted by molar-refractivity contribution is 7.19. The molecule has 0 bridgehead atoms. The number of hydrogen-bond acceptors (Lipinski definition) is 7. The van der Waals surface area contributed by atoms with E-state index in [0.717, 1.165) is 15.9 Å². The molecule has 0 aliphatic carbocycles. The predicted octanol–water partition coefficient (Wildman–Crippen LogP) is 2.62. The van der Waals surface area contributed by atoms with Crippen LogP contribution in [0.2, 0.25) is 10.0 Å². The second kappa shape index (κ2) is 5.20. The fourth-order valence-corrected chi connectivity index (χ4v) is 2.96. The molecule has 1 aromatic carbocycles. The van der Waals surface area contributed by atoms with Gasteiger partial charge in [-0.2, -0.15) is 14.6 Å². The van der Waals surface area contributed by atoms with E-state index in [1.807, 2.05) is 0 Å². The zero-order valence-electron chi connectivity index (χ0n) is 10.5. The number of halogens is 2. The summed E-state index contributed by atoms with van der Waals surface area (Å²) < 4.78 is 0.844. The van der Waals surface area contributed by atoms with Crippen molar-refractivity contribution >= 4 is 51.0 Å². The second-order valence-corrected chi connectivity index (χ2v) is 5.91. The van der Waals surface area contributed by atoms with E-state index in [-0.39, 0.29) is 4.96 Å². The van der Waals surface area contributed by atoms with E-state index in [1.165, 1.54) is 0 Å². The summed E-state index contributed by atoms with van der Waals surface area (Å²) in [6, 6.07) is 4.82. The molecular weight excluding hydrogens is 353 g/mol. The van der Waals surface area contributed by atoms with Crippen LogP contribution in [0.3, 0.4) is 0 Å². The van der Waals surface area contributed by atoms with Crippen LogP contribution in [0.1, 0.15) is 0 Å². The molecular formula is C11H5Cl2N5O3S. The molecule has 0 amide bonds. The van der Waals surface area contributed by atoms with Gasteiger partial charge in [0.05, 0.1) is 15.0 Å². The summed E-state index contributed by atoms with van der Waals surface area (Å²) in [6.07, 6.45) is 0. The third-order valence-electron chi connectivity index (χ3n) is 2.76. The average Bonchev–Trinajstić information content (AvgIpc) is 2.85. The Hall–Kier alpha value is -2.23. The number of nitrogens with two attached hydrogens (primary N) is 1. The van der Waals surface area contributed by atoms with Gasteiger partial charge in [-0.15, -0.1) is 0 Å². The standard InChI is InChI=1S/C11H5Cl2N5O3S/c12-5-2-1-4(3-6(5)13)9-16-17-10(19)7(18(20)21)8(14)15-11(17)22-9/h1-3H,14H2. The lowest BCUT2D eigenvalue weighted by molar-refractivity contribution is -0.385. The van der Waals surface area contributed by atoms with Gasteiger partial charge in [-0.3, -0.25) is 14.9 Å². The van der Waals surface area contributed by atoms with Crippen molar-refractivity contribution < 1.29 is 4.92 Å². The van der Waals surface area contributed by atoms with E-state index in [2.05, 4.69) is 10.1 Å². The zero-order valence-corrected chi connectivity index (χ0v) is 12.8. The Labute approximate surface area is 135 Å². The van der Waals surface area contributed by atoms with Crippen LogP contribution in [-0.4, -0.2) is 19.5 Å². The van der Waals surface area contributed by atoms with Crippen LogP contribution in [0.25, 0.3) is 15.5 Å². The lowest BCUT2D eigenvalue weighted by Gasteiger charge is -1.98. The summed E-state index contributed by atoms with van der Waals surface area (Å²) in [7, 11) is 0. The van der Waals surface area contributed by atoms with Gasteiger partial charge in [0, 0.05) is 5.56 Å². The van der Waals surface area contributed by atoms with Crippen LogP contribution in [-0.2, 0) is 0 Å². The van der Waals surface area contributed by atoms with E-state index >= 15 is 0 Å². The minimum absolute atomic E-state index is 0.147. The Morgan fingerprint density at radius 2 is 2.05 bits per heavy atom. The van der Waals surface area contributed by atoms with Crippen molar-refractivity contribution in [2.24, 2.45) is 0 Å². The van der Waals surface area contributed by atoms with Gasteiger partial charge in [0.15, 0.2) is 0 Å². The zero-order chi connectivity index (χ0) is 16.0. The van der Waals surface area contributed by atoms with Gasteiger partial charge in [-0.05, 0) is 12.1 Å². The van der Waals surface area contributed by atoms with Gasteiger partial charge in [0.1, 0.15) is 5.01 Å². The Morgan fingerprint density at radius 1 is 1.32 bits per heavy atom. The van der Waals surface area contributed by atoms with Crippen LogP contribution in [0, 0.1) is 10.1 Å². The minimum Gasteiger partial charge on any atom is -0.378 e. The van der Waals surface area contributed by atoms with E-state index in [1.54, 1.807) is 18.2 Å². The van der Waals surface area contributed by atoms with Gasteiger partial charge < -0.3 is 5.73 Å². The lowest BCUT2D eigenvalue weighted by atomic mass is 10.2. The van der Waals surface area contributed by atoms with Gasteiger partial charge in [-0.1, -0.05) is 40.6 Å². The summed E-state index contributed by atoms with van der Waals surface area (Å²) in [5.41, 5.74) is 4.32. The first-order valence-corrected chi connectivity index (χ1v) is 7.25. The number of anilines is 1. The molecule has 2 N–H and O–H groups in total. The van der Waals surface area contributed by atoms with Crippen molar-refractivity contribution in [1.29, 1.82) is 0 Å². The quantitative estimate of drug-likeness (QED) is 0.556. The smallest absolute Gasteiger partial charge is 0.377 e. The summed E-state index contributed by atoms with van der Waals surface area (Å²) in [5.74, 6) is -0.445. The fraction of sp³-hybridized carbons (Fsp3) is 0. The van der Waals surface area contributed by atoms with Gasteiger partial charge in [-0.25, -0.2) is 0 Å². The first-order chi connectivity index (χ1) is 10.4. The molecule has 8 nitrogen and oxygen atoms in total. The number of hydrogen-bond donors (Lipinski definition) is 1. The number of nitrogens with zero attached hydrogens (tertiary/aromatic N) is 4. The van der Waals surface area contributed by atoms with E-state index in [0.29, 0.717) is 20.6 Å². The predicted molar refractivity (Wildman–Crippen MR) is 83.7 cm³/mol. The molecule has 2 heterocycles. The first kappa shape index (κ1) is 14.7. The van der Waals surface area contributed by atoms with Gasteiger partial charge >= 0.3 is 11.2 Å². The largest absolute Gasteiger partial charge is 0.378 e. The molecule has 0 unspecified atom stereocenters. The van der Waals surface area contributed by atoms with Gasteiger partial charge in [0.25, 0.3) is 0 Å². The molecule has 0 saturated carbocycles. The third kappa shape index (κ3) is 2.28. The molecule has 3 aromatic rings. The van der Waals surface area contributed by atoms with Crippen molar-refractivity contribution in [3.63, 3.8) is 0 Å². The van der Waals surface area contributed by atoms with Crippen LogP contribution in [0.15, 0.2) is 23.0 Å². The molecule has 112 valence electrons. The Bertz CT molecular complexity index is 984. The van der Waals surface area contributed by atoms with Gasteiger partial charge in [0.2, 0.25) is 10.8 Å². The lowest BCUT2D eigenvalue weighted by Crippen LogP contribution is -2.20. The minimum atomic E-state index is -0.935. The summed E-state index contributed by atoms with van der Waals surface area (Å²) >= 11 is 12.8. The van der Waals surface area contributed by atoms with Crippen molar-refractivity contribution in [2.75, 3.05) is 5.73 Å². The van der Waals surface area contributed by atoms with Crippen molar-refractivity contribution in [1.82, 2.24) is 14.6 Å². The topological polar surface area (TPSA) is 116 Å². The van der Waals surface area contributed by atoms with Crippen molar-refractivity contribution in [3.05, 3.63) is 48.7 Å². The number of fused-ring (bicyclic) bond motifs is 1. The highest BCUT2D eigenvalue weighted by Crippen LogP contribution is 2.31. The summed E-state index contributed by atoms with van der Waals surface area (Å²) in [4.78, 5) is 26.0. The Balaban J connectivity index is 2.26. The maximum Gasteiger partial charge on any atom is 0.377 e. The molecule has 11 heteroatoms. The molecule has 3 rings (SSSR count). The molecule has 0 aliphatic heterocycles. The molecule has 2 aromatic heterocycles. The van der Waals surface area contributed by atoms with Crippen LogP contribution < -0.4 is 11.3 Å². The summed E-state index contributed by atoms with van der Waals surface area (Å²) in [5, 5.41) is 16.0. The van der Waals surface area contributed by atoms with Crippen LogP contribution >= 0.6 is 34.5 Å². The number of nitrogen functional groups attached to an aromatic ring is 1. The highest BCUT2D eigenvalue weighted by atomic mass is 35.5. The number of rotatable bonds is 2. The average molecular weight is 358 g/mol. The molecule has 22 heavy (non-hydrogen) atoms. The van der Waals surface area contributed by atoms with E-state index in [9.17, 15) is 14.9 Å². The molecule has 0 aliphatic rings. The highest BCUT2D eigenvalue weighted by Gasteiger charge is 2.23. The molecule has 0 spiro atoms. The van der Waals surface area contributed by atoms with Crippen LogP contribution in [0.4, 0.5) is 11.5 Å². The monoisotopic (exact) mass is 357 g/mol. The maximum absolute atomic E-state index is 12.1. The molecule has 0 saturated heterocycles. The fourth-order valence-electron chi connectivity index (χ4n) is 1.77.